The fourth-order valence-corrected chi connectivity index (χ4v) is 1.07. The first-order valence-corrected chi connectivity index (χ1v) is 4.59. The quantitative estimate of drug-likeness (QED) is 0.604. The van der Waals surface area contributed by atoms with E-state index >= 15 is 0 Å². The van der Waals surface area contributed by atoms with Gasteiger partial charge in [0.2, 0.25) is 0 Å². The highest BCUT2D eigenvalue weighted by molar-refractivity contribution is 7.85. The van der Waals surface area contributed by atoms with Crippen molar-refractivity contribution in [3.63, 3.8) is 0 Å². The summed E-state index contributed by atoms with van der Waals surface area (Å²) in [5.74, 6) is -0.417. The lowest BCUT2D eigenvalue weighted by molar-refractivity contribution is 0.0971. The van der Waals surface area contributed by atoms with E-state index in [1.54, 1.807) is 0 Å². The molecule has 1 unspecified atom stereocenters. The zero-order valence-corrected chi connectivity index (χ0v) is 6.56. The summed E-state index contributed by atoms with van der Waals surface area (Å²) in [6.07, 6.45) is -0.348. The minimum Gasteiger partial charge on any atom is -0.233 e. The van der Waals surface area contributed by atoms with Crippen LogP contribution in [0.5, 0.6) is 0 Å². The molecule has 0 aliphatic carbocycles. The van der Waals surface area contributed by atoms with Crippen LogP contribution >= 0.6 is 0 Å². The smallest absolute Gasteiger partial charge is 0.233 e. The molecule has 0 N–H and O–H groups in total. The fraction of sp³-hybridized carbons (Fsp3) is 1.00. The van der Waals surface area contributed by atoms with Gasteiger partial charge in [-0.3, -0.25) is 0 Å². The maximum atomic E-state index is 10.3. The molecule has 0 aromatic heterocycles. The van der Waals surface area contributed by atoms with Gasteiger partial charge >= 0.3 is 0 Å². The normalized spacial score (nSPS) is 15.1. The molecule has 0 amide bonds. The van der Waals surface area contributed by atoms with Crippen LogP contribution in [-0.4, -0.2) is 20.3 Å². The van der Waals surface area contributed by atoms with Crippen molar-refractivity contribution in [2.24, 2.45) is 0 Å². The van der Waals surface area contributed by atoms with Crippen LogP contribution in [0.3, 0.4) is 0 Å². The van der Waals surface area contributed by atoms with Crippen LogP contribution < -0.4 is 0 Å². The highest BCUT2D eigenvalue weighted by atomic mass is 32.2. The van der Waals surface area contributed by atoms with Crippen LogP contribution in [0.4, 0.5) is 0 Å². The average molecular weight is 166 g/mol. The zero-order valence-electron chi connectivity index (χ0n) is 5.74. The molecule has 4 nitrogen and oxygen atoms in total. The Morgan fingerprint density at radius 2 is 1.90 bits per heavy atom. The van der Waals surface area contributed by atoms with Crippen molar-refractivity contribution >= 4 is 10.1 Å². The monoisotopic (exact) mass is 166 g/mol. The third kappa shape index (κ3) is 7.87. The SMILES string of the molecule is CC([O])CCCS([O])(=O)=O. The molecular formula is C5H10O4S. The van der Waals surface area contributed by atoms with Crippen molar-refractivity contribution < 1.29 is 18.1 Å². The van der Waals surface area contributed by atoms with Crippen molar-refractivity contribution in [3.8, 4) is 0 Å². The maximum Gasteiger partial charge on any atom is 0.294 e. The van der Waals surface area contributed by atoms with E-state index < -0.39 is 22.0 Å². The summed E-state index contributed by atoms with van der Waals surface area (Å²) >= 11 is 0. The van der Waals surface area contributed by atoms with Gasteiger partial charge in [0.15, 0.2) is 0 Å². The molecule has 0 aliphatic heterocycles. The van der Waals surface area contributed by atoms with Crippen LogP contribution in [-0.2, 0) is 19.8 Å². The zero-order chi connectivity index (χ0) is 8.20. The first-order chi connectivity index (χ1) is 4.42. The van der Waals surface area contributed by atoms with Gasteiger partial charge in [0.25, 0.3) is 10.1 Å². The molecule has 0 spiro atoms. The van der Waals surface area contributed by atoms with Crippen molar-refractivity contribution in [3.05, 3.63) is 0 Å². The van der Waals surface area contributed by atoms with Crippen LogP contribution in [0.1, 0.15) is 19.8 Å². The van der Waals surface area contributed by atoms with E-state index in [2.05, 4.69) is 0 Å². The second-order valence-electron chi connectivity index (χ2n) is 2.21. The number of hydrogen-bond acceptors (Lipinski definition) is 2. The molecule has 0 rings (SSSR count). The molecule has 0 aromatic rings. The van der Waals surface area contributed by atoms with Crippen LogP contribution in [0.2, 0.25) is 0 Å². The van der Waals surface area contributed by atoms with Gasteiger partial charge in [-0.2, -0.15) is 8.42 Å². The van der Waals surface area contributed by atoms with Gasteiger partial charge in [-0.1, -0.05) is 4.55 Å². The van der Waals surface area contributed by atoms with E-state index in [0.717, 1.165) is 0 Å². The Morgan fingerprint density at radius 3 is 2.20 bits per heavy atom. The summed E-state index contributed by atoms with van der Waals surface area (Å²) < 4.78 is 29.9. The molecular weight excluding hydrogens is 156 g/mol. The van der Waals surface area contributed by atoms with Crippen molar-refractivity contribution in [2.45, 2.75) is 25.9 Å². The lowest BCUT2D eigenvalue weighted by atomic mass is 10.2. The molecule has 0 aliphatic rings. The molecule has 0 saturated heterocycles. The summed E-state index contributed by atoms with van der Waals surface area (Å²) in [5.41, 5.74) is 0. The molecule has 1 atom stereocenters. The van der Waals surface area contributed by atoms with E-state index in [9.17, 15) is 18.1 Å². The Kier molecular flexibility index (Phi) is 3.85. The summed E-state index contributed by atoms with van der Waals surface area (Å²) in [6, 6.07) is 0. The minimum absolute atomic E-state index is 0.177. The van der Waals surface area contributed by atoms with Gasteiger partial charge in [0.1, 0.15) is 0 Å². The van der Waals surface area contributed by atoms with Gasteiger partial charge in [-0.25, -0.2) is 5.11 Å². The Hall–Kier alpha value is -0.130. The van der Waals surface area contributed by atoms with Crippen LogP contribution in [0.15, 0.2) is 0 Å². The summed E-state index contributed by atoms with van der Waals surface area (Å²) in [6.45, 7) is 1.44. The van der Waals surface area contributed by atoms with E-state index in [-0.39, 0.29) is 12.8 Å². The summed E-state index contributed by atoms with van der Waals surface area (Å²) in [7, 11) is -4.11. The average Bonchev–Trinajstić information content (AvgIpc) is 1.59. The maximum absolute atomic E-state index is 10.3. The highest BCUT2D eigenvalue weighted by Crippen LogP contribution is 1.98. The number of hydrogen-bond donors (Lipinski definition) is 0. The molecule has 0 fully saturated rings. The van der Waals surface area contributed by atoms with Gasteiger partial charge in [-0.05, 0) is 19.8 Å². The standard InChI is InChI=1S/C5H10O4S/c1-5(6)3-2-4-10(7,8)9/h5H,2-4H2,1H3. The first-order valence-electron chi connectivity index (χ1n) is 3.01. The highest BCUT2D eigenvalue weighted by Gasteiger charge is 2.07. The van der Waals surface area contributed by atoms with E-state index in [4.69, 9.17) is 0 Å². The predicted molar refractivity (Wildman–Crippen MR) is 33.9 cm³/mol. The van der Waals surface area contributed by atoms with Crippen LogP contribution in [0, 0.1) is 0 Å². The van der Waals surface area contributed by atoms with Crippen LogP contribution in [0.25, 0.3) is 0 Å². The molecule has 0 bridgehead atoms. The van der Waals surface area contributed by atoms with Crippen molar-refractivity contribution in [1.29, 1.82) is 0 Å². The van der Waals surface area contributed by atoms with Crippen molar-refractivity contribution in [1.82, 2.24) is 0 Å². The van der Waals surface area contributed by atoms with Crippen molar-refractivity contribution in [2.75, 3.05) is 5.75 Å². The molecule has 10 heavy (non-hydrogen) atoms. The van der Waals surface area contributed by atoms with E-state index in [1.165, 1.54) is 6.92 Å². The molecule has 0 heterocycles. The van der Waals surface area contributed by atoms with E-state index in [1.807, 2.05) is 0 Å². The minimum atomic E-state index is -4.11. The molecule has 2 radical (unpaired) electrons. The fourth-order valence-electron chi connectivity index (χ4n) is 0.548. The van der Waals surface area contributed by atoms with Gasteiger partial charge < -0.3 is 0 Å². The Labute approximate surface area is 60.6 Å². The third-order valence-corrected chi connectivity index (χ3v) is 1.79. The first kappa shape index (κ1) is 9.87. The van der Waals surface area contributed by atoms with E-state index in [0.29, 0.717) is 0 Å². The second kappa shape index (κ2) is 3.90. The lowest BCUT2D eigenvalue weighted by Crippen LogP contribution is -2.05. The third-order valence-electron chi connectivity index (χ3n) is 1.00. The molecule has 0 aromatic carbocycles. The largest absolute Gasteiger partial charge is 0.294 e. The topological polar surface area (TPSA) is 73.9 Å². The second-order valence-corrected chi connectivity index (χ2v) is 3.74. The predicted octanol–water partition coefficient (Wildman–Crippen LogP) is 0.346. The Balaban J connectivity index is 3.39. The molecule has 5 heteroatoms. The summed E-state index contributed by atoms with van der Waals surface area (Å²) in [5, 5.41) is 10.3. The Morgan fingerprint density at radius 1 is 1.40 bits per heavy atom. The van der Waals surface area contributed by atoms with Gasteiger partial charge in [-0.15, -0.1) is 0 Å². The number of rotatable bonds is 4. The Bertz CT molecular complexity index is 170. The van der Waals surface area contributed by atoms with Gasteiger partial charge in [0, 0.05) is 0 Å². The molecule has 0 saturated carbocycles. The summed E-state index contributed by atoms with van der Waals surface area (Å²) in [4.78, 5) is 0. The van der Waals surface area contributed by atoms with Gasteiger partial charge in [0.05, 0.1) is 11.9 Å². The lowest BCUT2D eigenvalue weighted by Gasteiger charge is -1.97. The molecule has 60 valence electrons.